The second-order valence-electron chi connectivity index (χ2n) is 7.00. The lowest BCUT2D eigenvalue weighted by atomic mass is 10.1. The van der Waals surface area contributed by atoms with Crippen LogP contribution in [0.3, 0.4) is 0 Å². The number of nitrogens with one attached hydrogen (secondary N) is 1. The highest BCUT2D eigenvalue weighted by Gasteiger charge is 2.27. The van der Waals surface area contributed by atoms with Crippen LogP contribution >= 0.6 is 0 Å². The van der Waals surface area contributed by atoms with E-state index in [-0.39, 0.29) is 12.0 Å². The summed E-state index contributed by atoms with van der Waals surface area (Å²) in [6.07, 6.45) is 9.14. The summed E-state index contributed by atoms with van der Waals surface area (Å²) in [6.45, 7) is 3.15. The molecule has 1 saturated carbocycles. The Morgan fingerprint density at radius 2 is 2.17 bits per heavy atom. The van der Waals surface area contributed by atoms with E-state index in [0.717, 1.165) is 44.5 Å². The molecule has 1 amide bonds. The van der Waals surface area contributed by atoms with Gasteiger partial charge in [0, 0.05) is 12.1 Å². The molecule has 2 fully saturated rings. The van der Waals surface area contributed by atoms with Gasteiger partial charge < -0.3 is 10.4 Å². The molecule has 0 aromatic carbocycles. The Labute approximate surface area is 137 Å². The van der Waals surface area contributed by atoms with Crippen LogP contribution in [0.15, 0.2) is 12.3 Å². The molecule has 6 heteroatoms. The molecule has 2 heterocycles. The molecule has 0 radical (unpaired) electrons. The molecule has 23 heavy (non-hydrogen) atoms. The number of likely N-dealkylation sites (tertiary alicyclic amines) is 1. The molecular formula is C17H28N4O2. The quantitative estimate of drug-likeness (QED) is 0.843. The van der Waals surface area contributed by atoms with Crippen LogP contribution in [-0.4, -0.2) is 50.9 Å². The van der Waals surface area contributed by atoms with Crippen LogP contribution in [0.2, 0.25) is 0 Å². The third-order valence-electron chi connectivity index (χ3n) is 5.07. The lowest BCUT2D eigenvalue weighted by Crippen LogP contribution is -2.38. The summed E-state index contributed by atoms with van der Waals surface area (Å²) >= 11 is 0. The Morgan fingerprint density at radius 1 is 1.39 bits per heavy atom. The smallest absolute Gasteiger partial charge is 0.239 e. The maximum Gasteiger partial charge on any atom is 0.239 e. The van der Waals surface area contributed by atoms with Crippen molar-refractivity contribution in [1.29, 1.82) is 0 Å². The van der Waals surface area contributed by atoms with Crippen molar-refractivity contribution >= 4 is 11.7 Å². The van der Waals surface area contributed by atoms with Crippen LogP contribution in [-0.2, 0) is 4.79 Å². The van der Waals surface area contributed by atoms with Gasteiger partial charge in [0.2, 0.25) is 5.91 Å². The summed E-state index contributed by atoms with van der Waals surface area (Å²) < 4.78 is 1.97. The second-order valence-corrected chi connectivity index (χ2v) is 7.00. The molecule has 1 aliphatic carbocycles. The van der Waals surface area contributed by atoms with Gasteiger partial charge in [0.1, 0.15) is 5.82 Å². The molecule has 1 saturated heterocycles. The van der Waals surface area contributed by atoms with E-state index in [9.17, 15) is 9.90 Å². The molecule has 2 atom stereocenters. The maximum absolute atomic E-state index is 12.4. The lowest BCUT2D eigenvalue weighted by molar-refractivity contribution is -0.117. The van der Waals surface area contributed by atoms with Gasteiger partial charge in [-0.1, -0.05) is 12.8 Å². The Morgan fingerprint density at radius 3 is 2.91 bits per heavy atom. The zero-order valence-electron chi connectivity index (χ0n) is 13.9. The fraction of sp³-hybridized carbons (Fsp3) is 0.765. The van der Waals surface area contributed by atoms with Crippen LogP contribution < -0.4 is 5.32 Å². The zero-order chi connectivity index (χ0) is 16.2. The first kappa shape index (κ1) is 16.5. The Bertz CT molecular complexity index is 522. The highest BCUT2D eigenvalue weighted by Crippen LogP contribution is 2.31. The first-order valence-corrected chi connectivity index (χ1v) is 8.89. The van der Waals surface area contributed by atoms with Gasteiger partial charge in [-0.25, -0.2) is 4.68 Å². The lowest BCUT2D eigenvalue weighted by Gasteiger charge is -2.25. The minimum Gasteiger partial charge on any atom is -0.393 e. The Balaban J connectivity index is 1.56. The molecule has 1 aromatic rings. The predicted octanol–water partition coefficient (Wildman–Crippen LogP) is 2.17. The molecule has 128 valence electrons. The largest absolute Gasteiger partial charge is 0.393 e. The first-order valence-electron chi connectivity index (χ1n) is 8.89. The third kappa shape index (κ3) is 4.12. The second kappa shape index (κ2) is 7.45. The minimum atomic E-state index is -0.313. The van der Waals surface area contributed by atoms with Gasteiger partial charge in [-0.15, -0.1) is 0 Å². The van der Waals surface area contributed by atoms with Crippen LogP contribution in [0, 0.1) is 0 Å². The minimum absolute atomic E-state index is 0.0160. The molecule has 2 aliphatic rings. The normalized spacial score (nSPS) is 24.2. The predicted molar refractivity (Wildman–Crippen MR) is 89.3 cm³/mol. The van der Waals surface area contributed by atoms with Crippen molar-refractivity contribution in [3.8, 4) is 0 Å². The SMILES string of the molecule is CC(O)CC1CCCN1CC(=O)Nc1ccnn1C1CCCC1. The van der Waals surface area contributed by atoms with Gasteiger partial charge in [0.05, 0.1) is 24.9 Å². The molecule has 2 N–H and O–H groups in total. The number of rotatable bonds is 6. The van der Waals surface area contributed by atoms with E-state index >= 15 is 0 Å². The number of hydrogen-bond donors (Lipinski definition) is 2. The fourth-order valence-electron chi connectivity index (χ4n) is 3.98. The summed E-state index contributed by atoms with van der Waals surface area (Å²) in [6, 6.07) is 2.63. The number of amides is 1. The monoisotopic (exact) mass is 320 g/mol. The highest BCUT2D eigenvalue weighted by atomic mass is 16.3. The van der Waals surface area contributed by atoms with Crippen LogP contribution in [0.5, 0.6) is 0 Å². The maximum atomic E-state index is 12.4. The molecule has 0 spiro atoms. The molecule has 3 rings (SSSR count). The number of aliphatic hydroxyl groups is 1. The summed E-state index contributed by atoms with van der Waals surface area (Å²) in [5.74, 6) is 0.829. The van der Waals surface area contributed by atoms with Crippen molar-refractivity contribution in [3.63, 3.8) is 0 Å². The van der Waals surface area contributed by atoms with Gasteiger partial charge >= 0.3 is 0 Å². The summed E-state index contributed by atoms with van der Waals surface area (Å²) in [7, 11) is 0. The number of carbonyl (C=O) groups is 1. The number of aliphatic hydroxyl groups excluding tert-OH is 1. The molecule has 1 aromatic heterocycles. The third-order valence-corrected chi connectivity index (χ3v) is 5.07. The van der Waals surface area contributed by atoms with Crippen molar-refractivity contribution in [2.45, 2.75) is 70.1 Å². The average Bonchev–Trinajstić information content (AvgIpc) is 3.20. The highest BCUT2D eigenvalue weighted by molar-refractivity contribution is 5.91. The van der Waals surface area contributed by atoms with E-state index in [1.807, 2.05) is 17.7 Å². The van der Waals surface area contributed by atoms with Gasteiger partial charge in [-0.05, 0) is 45.6 Å². The Kier molecular flexibility index (Phi) is 5.33. The van der Waals surface area contributed by atoms with Gasteiger partial charge in [0.15, 0.2) is 0 Å². The molecule has 2 unspecified atom stereocenters. The van der Waals surface area contributed by atoms with Crippen molar-refractivity contribution in [2.75, 3.05) is 18.4 Å². The number of nitrogens with zero attached hydrogens (tertiary/aromatic N) is 3. The molecule has 1 aliphatic heterocycles. The van der Waals surface area contributed by atoms with E-state index < -0.39 is 0 Å². The average molecular weight is 320 g/mol. The van der Waals surface area contributed by atoms with E-state index in [1.165, 1.54) is 12.8 Å². The Hall–Kier alpha value is -1.40. The van der Waals surface area contributed by atoms with Crippen LogP contribution in [0.4, 0.5) is 5.82 Å². The fourth-order valence-corrected chi connectivity index (χ4v) is 3.98. The van der Waals surface area contributed by atoms with Crippen molar-refractivity contribution < 1.29 is 9.90 Å². The van der Waals surface area contributed by atoms with Crippen LogP contribution in [0.25, 0.3) is 0 Å². The molecular weight excluding hydrogens is 292 g/mol. The van der Waals surface area contributed by atoms with Gasteiger partial charge in [0.25, 0.3) is 0 Å². The summed E-state index contributed by atoms with van der Waals surface area (Å²) in [4.78, 5) is 14.6. The van der Waals surface area contributed by atoms with Crippen molar-refractivity contribution in [2.24, 2.45) is 0 Å². The number of hydrogen-bond acceptors (Lipinski definition) is 4. The zero-order valence-corrected chi connectivity index (χ0v) is 13.9. The standard InChI is InChI=1S/C17H28N4O2/c1-13(22)11-15-7-4-10-20(15)12-17(23)19-16-8-9-18-21(16)14-5-2-3-6-14/h8-9,13-15,22H,2-7,10-12H2,1H3,(H,19,23). The number of aromatic nitrogens is 2. The first-order chi connectivity index (χ1) is 11.1. The summed E-state index contributed by atoms with van der Waals surface area (Å²) in [5, 5.41) is 17.0. The summed E-state index contributed by atoms with van der Waals surface area (Å²) in [5.41, 5.74) is 0. The molecule has 0 bridgehead atoms. The topological polar surface area (TPSA) is 70.4 Å². The van der Waals surface area contributed by atoms with Crippen molar-refractivity contribution in [3.05, 3.63) is 12.3 Å². The van der Waals surface area contributed by atoms with Crippen molar-refractivity contribution in [1.82, 2.24) is 14.7 Å². The van der Waals surface area contributed by atoms with Gasteiger partial charge in [-0.3, -0.25) is 9.69 Å². The van der Waals surface area contributed by atoms with Crippen LogP contribution in [0.1, 0.15) is 57.9 Å². The molecule has 6 nitrogen and oxygen atoms in total. The number of anilines is 1. The van der Waals surface area contributed by atoms with E-state index in [4.69, 9.17) is 0 Å². The van der Waals surface area contributed by atoms with E-state index in [1.54, 1.807) is 6.20 Å². The van der Waals surface area contributed by atoms with Gasteiger partial charge in [-0.2, -0.15) is 5.10 Å². The van der Waals surface area contributed by atoms with E-state index in [0.29, 0.717) is 18.6 Å². The van der Waals surface area contributed by atoms with E-state index in [2.05, 4.69) is 15.3 Å². The number of carbonyl (C=O) groups excluding carboxylic acids is 1.